The van der Waals surface area contributed by atoms with Gasteiger partial charge in [0.05, 0.1) is 5.69 Å². The van der Waals surface area contributed by atoms with Crippen molar-refractivity contribution in [2.75, 3.05) is 0 Å². The van der Waals surface area contributed by atoms with E-state index in [9.17, 15) is 9.59 Å². The van der Waals surface area contributed by atoms with Crippen LogP contribution in [0.3, 0.4) is 0 Å². The van der Waals surface area contributed by atoms with Crippen LogP contribution in [0.1, 0.15) is 16.8 Å². The number of aromatic nitrogens is 2. The molecule has 0 N–H and O–H groups in total. The van der Waals surface area contributed by atoms with E-state index in [1.54, 1.807) is 4.68 Å². The SMILES string of the molecule is O=Cc1c(-c2ccccc2)n2n(c1=O)CCC2. The molecule has 0 amide bonds. The van der Waals surface area contributed by atoms with Crippen molar-refractivity contribution in [2.45, 2.75) is 19.5 Å². The number of benzene rings is 1. The summed E-state index contributed by atoms with van der Waals surface area (Å²) in [6.45, 7) is 1.50. The number of nitrogens with zero attached hydrogens (tertiary/aromatic N) is 2. The predicted octanol–water partition coefficient (Wildman–Crippen LogP) is 1.53. The zero-order chi connectivity index (χ0) is 11.8. The van der Waals surface area contributed by atoms with Crippen LogP contribution < -0.4 is 5.56 Å². The summed E-state index contributed by atoms with van der Waals surface area (Å²) in [5.74, 6) is 0. The Morgan fingerprint density at radius 1 is 1.06 bits per heavy atom. The standard InChI is InChI=1S/C13H12N2O2/c16-9-11-12(10-5-2-1-3-6-10)14-7-4-8-15(14)13(11)17/h1-3,5-6,9H,4,7-8H2. The summed E-state index contributed by atoms with van der Waals surface area (Å²) >= 11 is 0. The minimum absolute atomic E-state index is 0.170. The van der Waals surface area contributed by atoms with Crippen LogP contribution in [0.15, 0.2) is 35.1 Å². The Kier molecular flexibility index (Phi) is 2.21. The molecule has 1 aliphatic rings. The molecule has 0 saturated heterocycles. The predicted molar refractivity (Wildman–Crippen MR) is 64.1 cm³/mol. The van der Waals surface area contributed by atoms with E-state index in [4.69, 9.17) is 0 Å². The first-order valence-corrected chi connectivity index (χ1v) is 5.67. The van der Waals surface area contributed by atoms with Crippen molar-refractivity contribution >= 4 is 6.29 Å². The molecule has 0 fully saturated rings. The lowest BCUT2D eigenvalue weighted by Gasteiger charge is -2.06. The minimum Gasteiger partial charge on any atom is -0.298 e. The van der Waals surface area contributed by atoms with E-state index >= 15 is 0 Å². The molecular weight excluding hydrogens is 216 g/mol. The number of aldehydes is 1. The molecule has 0 aliphatic carbocycles. The molecule has 0 atom stereocenters. The lowest BCUT2D eigenvalue weighted by atomic mass is 10.1. The van der Waals surface area contributed by atoms with Crippen molar-refractivity contribution in [1.29, 1.82) is 0 Å². The summed E-state index contributed by atoms with van der Waals surface area (Å²) in [7, 11) is 0. The van der Waals surface area contributed by atoms with Gasteiger partial charge in [-0.1, -0.05) is 30.3 Å². The molecule has 0 radical (unpaired) electrons. The number of carbonyl (C=O) groups excluding carboxylic acids is 1. The first kappa shape index (κ1) is 10.1. The molecular formula is C13H12N2O2. The third kappa shape index (κ3) is 1.37. The Labute approximate surface area is 98.1 Å². The zero-order valence-corrected chi connectivity index (χ0v) is 9.30. The minimum atomic E-state index is -0.170. The maximum Gasteiger partial charge on any atom is 0.277 e. The van der Waals surface area contributed by atoms with Gasteiger partial charge in [0.2, 0.25) is 0 Å². The second kappa shape index (κ2) is 3.73. The van der Waals surface area contributed by atoms with Crippen LogP contribution in [-0.2, 0) is 13.1 Å². The maximum absolute atomic E-state index is 12.0. The van der Waals surface area contributed by atoms with Crippen molar-refractivity contribution in [2.24, 2.45) is 0 Å². The van der Waals surface area contributed by atoms with Crippen LogP contribution in [-0.4, -0.2) is 15.6 Å². The van der Waals surface area contributed by atoms with Gasteiger partial charge in [-0.2, -0.15) is 0 Å². The summed E-state index contributed by atoms with van der Waals surface area (Å²) in [6, 6.07) is 9.59. The molecule has 4 nitrogen and oxygen atoms in total. The lowest BCUT2D eigenvalue weighted by molar-refractivity contribution is 0.112. The average molecular weight is 228 g/mol. The van der Waals surface area contributed by atoms with Crippen molar-refractivity contribution in [1.82, 2.24) is 9.36 Å². The van der Waals surface area contributed by atoms with Crippen molar-refractivity contribution < 1.29 is 4.79 Å². The summed E-state index contributed by atoms with van der Waals surface area (Å²) in [4.78, 5) is 23.1. The van der Waals surface area contributed by atoms with E-state index in [0.717, 1.165) is 24.2 Å². The second-order valence-electron chi connectivity index (χ2n) is 4.15. The Morgan fingerprint density at radius 2 is 1.76 bits per heavy atom. The van der Waals surface area contributed by atoms with Crippen LogP contribution in [0, 0.1) is 0 Å². The highest BCUT2D eigenvalue weighted by molar-refractivity contribution is 5.85. The molecule has 2 aromatic rings. The van der Waals surface area contributed by atoms with Gasteiger partial charge in [-0.3, -0.25) is 14.3 Å². The van der Waals surface area contributed by atoms with E-state index in [1.165, 1.54) is 0 Å². The highest BCUT2D eigenvalue weighted by Gasteiger charge is 2.23. The number of fused-ring (bicyclic) bond motifs is 1. The molecule has 3 rings (SSSR count). The maximum atomic E-state index is 12.0. The Morgan fingerprint density at radius 3 is 2.47 bits per heavy atom. The lowest BCUT2D eigenvalue weighted by Crippen LogP contribution is -2.18. The Hall–Kier alpha value is -2.10. The Bertz CT molecular complexity index is 623. The van der Waals surface area contributed by atoms with Gasteiger partial charge >= 0.3 is 0 Å². The first-order valence-electron chi connectivity index (χ1n) is 5.67. The molecule has 0 saturated carbocycles. The molecule has 0 bridgehead atoms. The van der Waals surface area contributed by atoms with E-state index < -0.39 is 0 Å². The third-order valence-electron chi connectivity index (χ3n) is 3.17. The molecule has 0 unspecified atom stereocenters. The van der Waals surface area contributed by atoms with E-state index in [-0.39, 0.29) is 11.1 Å². The highest BCUT2D eigenvalue weighted by atomic mass is 16.1. The quantitative estimate of drug-likeness (QED) is 0.732. The number of carbonyl (C=O) groups is 1. The summed E-state index contributed by atoms with van der Waals surface area (Å²) in [5, 5.41) is 0. The molecule has 17 heavy (non-hydrogen) atoms. The van der Waals surface area contributed by atoms with Crippen LogP contribution in [0.2, 0.25) is 0 Å². The van der Waals surface area contributed by atoms with Crippen LogP contribution in [0.25, 0.3) is 11.3 Å². The zero-order valence-electron chi connectivity index (χ0n) is 9.30. The van der Waals surface area contributed by atoms with E-state index in [1.807, 2.05) is 35.0 Å². The monoisotopic (exact) mass is 228 g/mol. The fourth-order valence-corrected chi connectivity index (χ4v) is 2.44. The molecule has 2 heterocycles. The number of rotatable bonds is 2. The van der Waals surface area contributed by atoms with Gasteiger partial charge in [0.15, 0.2) is 6.29 Å². The fourth-order valence-electron chi connectivity index (χ4n) is 2.44. The van der Waals surface area contributed by atoms with E-state index in [0.29, 0.717) is 12.8 Å². The number of hydrogen-bond donors (Lipinski definition) is 0. The van der Waals surface area contributed by atoms with Crippen molar-refractivity contribution in [3.63, 3.8) is 0 Å². The highest BCUT2D eigenvalue weighted by Crippen LogP contribution is 2.24. The summed E-state index contributed by atoms with van der Waals surface area (Å²) in [5.41, 5.74) is 1.78. The van der Waals surface area contributed by atoms with Gasteiger partial charge < -0.3 is 0 Å². The molecule has 0 spiro atoms. The average Bonchev–Trinajstić information content (AvgIpc) is 2.92. The third-order valence-corrected chi connectivity index (χ3v) is 3.17. The molecule has 1 aromatic heterocycles. The fraction of sp³-hybridized carbons (Fsp3) is 0.231. The summed E-state index contributed by atoms with van der Waals surface area (Å²) in [6.07, 6.45) is 1.62. The second-order valence-corrected chi connectivity index (χ2v) is 4.15. The van der Waals surface area contributed by atoms with Crippen LogP contribution in [0.4, 0.5) is 0 Å². The van der Waals surface area contributed by atoms with Crippen molar-refractivity contribution in [3.8, 4) is 11.3 Å². The largest absolute Gasteiger partial charge is 0.298 e. The van der Waals surface area contributed by atoms with Gasteiger partial charge in [-0.15, -0.1) is 0 Å². The van der Waals surface area contributed by atoms with Crippen LogP contribution >= 0.6 is 0 Å². The smallest absolute Gasteiger partial charge is 0.277 e. The molecule has 1 aromatic carbocycles. The topological polar surface area (TPSA) is 44.0 Å². The normalized spacial score (nSPS) is 13.6. The molecule has 1 aliphatic heterocycles. The summed E-state index contributed by atoms with van der Waals surface area (Å²) < 4.78 is 3.58. The van der Waals surface area contributed by atoms with Gasteiger partial charge in [-0.25, -0.2) is 4.68 Å². The van der Waals surface area contributed by atoms with Gasteiger partial charge in [0, 0.05) is 18.7 Å². The number of hydrogen-bond acceptors (Lipinski definition) is 2. The van der Waals surface area contributed by atoms with Gasteiger partial charge in [-0.05, 0) is 6.42 Å². The van der Waals surface area contributed by atoms with Crippen LogP contribution in [0.5, 0.6) is 0 Å². The van der Waals surface area contributed by atoms with E-state index in [2.05, 4.69) is 0 Å². The molecule has 86 valence electrons. The van der Waals surface area contributed by atoms with Gasteiger partial charge in [0.1, 0.15) is 5.56 Å². The van der Waals surface area contributed by atoms with Gasteiger partial charge in [0.25, 0.3) is 5.56 Å². The van der Waals surface area contributed by atoms with Crippen molar-refractivity contribution in [3.05, 3.63) is 46.2 Å². The first-order chi connectivity index (χ1) is 8.33. The molecule has 4 heteroatoms. The Balaban J connectivity index is 2.33.